The Hall–Kier alpha value is -3.14. The summed E-state index contributed by atoms with van der Waals surface area (Å²) in [5.74, 6) is -0.612. The molecule has 0 aromatic heterocycles. The molecule has 9 nitrogen and oxygen atoms in total. The molecule has 0 amide bonds. The van der Waals surface area contributed by atoms with Gasteiger partial charge < -0.3 is 9.84 Å². The highest BCUT2D eigenvalue weighted by molar-refractivity contribution is 7.92. The fourth-order valence-corrected chi connectivity index (χ4v) is 3.90. The number of sulfonamides is 1. The zero-order chi connectivity index (χ0) is 20.7. The van der Waals surface area contributed by atoms with Crippen molar-refractivity contribution in [3.8, 4) is 5.75 Å². The number of aliphatic carboxylic acids is 1. The summed E-state index contributed by atoms with van der Waals surface area (Å²) in [6.45, 7) is 2.14. The fraction of sp³-hybridized carbons (Fsp3) is 0.278. The molecule has 0 unspecified atom stereocenters. The smallest absolute Gasteiger partial charge is 0.305 e. The van der Waals surface area contributed by atoms with Gasteiger partial charge in [0.15, 0.2) is 0 Å². The molecule has 28 heavy (non-hydrogen) atoms. The molecule has 0 saturated heterocycles. The predicted octanol–water partition coefficient (Wildman–Crippen LogP) is 3.05. The maximum atomic E-state index is 13.1. The zero-order valence-electron chi connectivity index (χ0n) is 15.1. The number of hydrogen-bond donors (Lipinski definition) is 1. The van der Waals surface area contributed by atoms with Crippen LogP contribution >= 0.6 is 0 Å². The van der Waals surface area contributed by atoms with E-state index in [0.717, 1.165) is 16.8 Å². The van der Waals surface area contributed by atoms with Crippen LogP contribution in [0.2, 0.25) is 0 Å². The van der Waals surface area contributed by atoms with Crippen molar-refractivity contribution in [3.63, 3.8) is 0 Å². The molecule has 0 heterocycles. The summed E-state index contributed by atoms with van der Waals surface area (Å²) >= 11 is 0. The van der Waals surface area contributed by atoms with E-state index < -0.39 is 27.3 Å². The summed E-state index contributed by atoms with van der Waals surface area (Å²) in [4.78, 5) is 21.0. The van der Waals surface area contributed by atoms with Gasteiger partial charge in [0.05, 0.1) is 28.5 Å². The first-order valence-electron chi connectivity index (χ1n) is 8.47. The van der Waals surface area contributed by atoms with Gasteiger partial charge in [0.25, 0.3) is 15.7 Å². The van der Waals surface area contributed by atoms with Gasteiger partial charge in [-0.25, -0.2) is 8.42 Å². The fourth-order valence-electron chi connectivity index (χ4n) is 2.40. The summed E-state index contributed by atoms with van der Waals surface area (Å²) in [5, 5.41) is 19.9. The van der Waals surface area contributed by atoms with E-state index >= 15 is 0 Å². The Morgan fingerprint density at radius 3 is 2.46 bits per heavy atom. The normalized spacial score (nSPS) is 11.0. The van der Waals surface area contributed by atoms with Crippen LogP contribution < -0.4 is 9.04 Å². The van der Waals surface area contributed by atoms with Gasteiger partial charge in [-0.05, 0) is 36.8 Å². The Morgan fingerprint density at radius 1 is 1.21 bits per heavy atom. The summed E-state index contributed by atoms with van der Waals surface area (Å²) in [7, 11) is -4.21. The maximum absolute atomic E-state index is 13.1. The lowest BCUT2D eigenvalue weighted by Gasteiger charge is -2.24. The summed E-state index contributed by atoms with van der Waals surface area (Å²) in [5.41, 5.74) is -0.140. The standard InChI is InChI=1S/C18H20N2O7S/c1-2-12-27-16-8-6-14(7-9-16)19(11-10-18(21)22)28(25,26)17-5-3-4-15(13-17)20(23)24/h3-9,13H,2,10-12H2,1H3,(H,21,22). The third-order valence-electron chi connectivity index (χ3n) is 3.74. The lowest BCUT2D eigenvalue weighted by Crippen LogP contribution is -2.33. The first-order chi connectivity index (χ1) is 13.3. The Balaban J connectivity index is 2.42. The van der Waals surface area contributed by atoms with Gasteiger partial charge in [0.1, 0.15) is 5.75 Å². The van der Waals surface area contributed by atoms with Crippen molar-refractivity contribution in [2.24, 2.45) is 0 Å². The SMILES string of the molecule is CCCOc1ccc(N(CCC(=O)O)S(=O)(=O)c2cccc([N+](=O)[O-])c2)cc1. The molecular formula is C18H20N2O7S. The van der Waals surface area contributed by atoms with E-state index in [1.807, 2.05) is 6.92 Å². The Labute approximate surface area is 162 Å². The third-order valence-corrected chi connectivity index (χ3v) is 5.57. The number of anilines is 1. The van der Waals surface area contributed by atoms with Crippen LogP contribution in [0.1, 0.15) is 19.8 Å². The number of benzene rings is 2. The van der Waals surface area contributed by atoms with Crippen LogP contribution in [0, 0.1) is 10.1 Å². The number of nitrogens with zero attached hydrogens (tertiary/aromatic N) is 2. The van der Waals surface area contributed by atoms with Gasteiger partial charge in [-0.15, -0.1) is 0 Å². The summed E-state index contributed by atoms with van der Waals surface area (Å²) in [6, 6.07) is 10.8. The van der Waals surface area contributed by atoms with Crippen LogP contribution in [0.15, 0.2) is 53.4 Å². The molecule has 10 heteroatoms. The van der Waals surface area contributed by atoms with Crippen molar-refractivity contribution in [2.75, 3.05) is 17.5 Å². The van der Waals surface area contributed by atoms with E-state index in [-0.39, 0.29) is 22.8 Å². The van der Waals surface area contributed by atoms with Crippen molar-refractivity contribution < 1.29 is 28.0 Å². The number of carboxylic acid groups (broad SMARTS) is 1. The molecule has 1 N–H and O–H groups in total. The highest BCUT2D eigenvalue weighted by Gasteiger charge is 2.27. The Bertz CT molecular complexity index is 943. The summed E-state index contributed by atoms with van der Waals surface area (Å²) in [6.07, 6.45) is 0.385. The lowest BCUT2D eigenvalue weighted by molar-refractivity contribution is -0.385. The molecule has 0 atom stereocenters. The number of carboxylic acids is 1. The number of rotatable bonds is 10. The lowest BCUT2D eigenvalue weighted by atomic mass is 10.3. The molecule has 0 spiro atoms. The van der Waals surface area contributed by atoms with Gasteiger partial charge >= 0.3 is 5.97 Å². The average Bonchev–Trinajstić information content (AvgIpc) is 2.67. The van der Waals surface area contributed by atoms with Crippen LogP contribution in [0.5, 0.6) is 5.75 Å². The number of nitro groups is 1. The first-order valence-corrected chi connectivity index (χ1v) is 9.91. The second-order valence-electron chi connectivity index (χ2n) is 5.82. The molecule has 2 aromatic rings. The van der Waals surface area contributed by atoms with Crippen molar-refractivity contribution in [1.29, 1.82) is 0 Å². The minimum absolute atomic E-state index is 0.233. The van der Waals surface area contributed by atoms with Gasteiger partial charge in [0, 0.05) is 18.7 Å². The molecule has 0 aliphatic carbocycles. The minimum Gasteiger partial charge on any atom is -0.494 e. The van der Waals surface area contributed by atoms with Gasteiger partial charge in [0.2, 0.25) is 0 Å². The van der Waals surface area contributed by atoms with E-state index in [1.54, 1.807) is 12.1 Å². The second-order valence-corrected chi connectivity index (χ2v) is 7.68. The van der Waals surface area contributed by atoms with Gasteiger partial charge in [-0.2, -0.15) is 0 Å². The average molecular weight is 408 g/mol. The zero-order valence-corrected chi connectivity index (χ0v) is 16.0. The van der Waals surface area contributed by atoms with Crippen LogP contribution in [-0.4, -0.2) is 37.6 Å². The molecular weight excluding hydrogens is 388 g/mol. The number of non-ortho nitro benzene ring substituents is 1. The highest BCUT2D eigenvalue weighted by Crippen LogP contribution is 2.28. The molecule has 2 aromatic carbocycles. The Morgan fingerprint density at radius 2 is 1.89 bits per heavy atom. The molecule has 0 bridgehead atoms. The maximum Gasteiger partial charge on any atom is 0.305 e. The predicted molar refractivity (Wildman–Crippen MR) is 102 cm³/mol. The molecule has 0 aliphatic heterocycles. The Kier molecular flexibility index (Phi) is 6.94. The topological polar surface area (TPSA) is 127 Å². The summed E-state index contributed by atoms with van der Waals surface area (Å²) < 4.78 is 32.5. The number of carbonyl (C=O) groups is 1. The molecule has 150 valence electrons. The van der Waals surface area contributed by atoms with E-state index in [1.165, 1.54) is 30.3 Å². The first kappa shape index (κ1) is 21.2. The minimum atomic E-state index is -4.21. The molecule has 0 radical (unpaired) electrons. The van der Waals surface area contributed by atoms with Crippen molar-refractivity contribution in [1.82, 2.24) is 0 Å². The van der Waals surface area contributed by atoms with E-state index in [0.29, 0.717) is 12.4 Å². The van der Waals surface area contributed by atoms with Crippen molar-refractivity contribution in [2.45, 2.75) is 24.7 Å². The van der Waals surface area contributed by atoms with Gasteiger partial charge in [-0.3, -0.25) is 19.2 Å². The number of hydrogen-bond acceptors (Lipinski definition) is 6. The monoisotopic (exact) mass is 408 g/mol. The molecule has 0 fully saturated rings. The van der Waals surface area contributed by atoms with E-state index in [4.69, 9.17) is 9.84 Å². The van der Waals surface area contributed by atoms with Crippen LogP contribution in [0.4, 0.5) is 11.4 Å². The number of nitro benzene ring substituents is 1. The van der Waals surface area contributed by atoms with Gasteiger partial charge in [-0.1, -0.05) is 13.0 Å². The quantitative estimate of drug-likeness (QED) is 0.473. The molecule has 0 aliphatic rings. The van der Waals surface area contributed by atoms with E-state index in [9.17, 15) is 23.3 Å². The van der Waals surface area contributed by atoms with Crippen LogP contribution in [0.25, 0.3) is 0 Å². The molecule has 0 saturated carbocycles. The van der Waals surface area contributed by atoms with E-state index in [2.05, 4.69) is 0 Å². The van der Waals surface area contributed by atoms with Crippen molar-refractivity contribution in [3.05, 3.63) is 58.6 Å². The van der Waals surface area contributed by atoms with Crippen molar-refractivity contribution >= 4 is 27.4 Å². The third kappa shape index (κ3) is 5.19. The second kappa shape index (κ2) is 9.18. The molecule has 2 rings (SSSR count). The largest absolute Gasteiger partial charge is 0.494 e. The van der Waals surface area contributed by atoms with Crippen LogP contribution in [0.3, 0.4) is 0 Å². The number of ether oxygens (including phenoxy) is 1. The highest BCUT2D eigenvalue weighted by atomic mass is 32.2. The van der Waals surface area contributed by atoms with Crippen LogP contribution in [-0.2, 0) is 14.8 Å².